The lowest BCUT2D eigenvalue weighted by molar-refractivity contribution is -0.135. The Morgan fingerprint density at radius 2 is 1.90 bits per heavy atom. The summed E-state index contributed by atoms with van der Waals surface area (Å²) >= 11 is 0. The molecule has 3 nitrogen and oxygen atoms in total. The number of nitrogens with two attached hydrogens (primary N) is 1. The Morgan fingerprint density at radius 1 is 1.15 bits per heavy atom. The molecule has 6 heteroatoms. The van der Waals surface area contributed by atoms with E-state index in [-0.39, 0.29) is 12.5 Å². The number of hydrazine groups is 1. The van der Waals surface area contributed by atoms with Crippen LogP contribution < -0.4 is 11.3 Å². The molecular weight excluding hydrogens is 267 g/mol. The van der Waals surface area contributed by atoms with Gasteiger partial charge in [-0.15, -0.1) is 0 Å². The van der Waals surface area contributed by atoms with Crippen LogP contribution in [0.15, 0.2) is 36.4 Å². The van der Waals surface area contributed by atoms with Crippen LogP contribution >= 0.6 is 0 Å². The molecule has 0 fully saturated rings. The van der Waals surface area contributed by atoms with Gasteiger partial charge in [0.2, 0.25) is 0 Å². The van der Waals surface area contributed by atoms with E-state index in [4.69, 9.17) is 5.84 Å². The lowest BCUT2D eigenvalue weighted by Crippen LogP contribution is -2.29. The van der Waals surface area contributed by atoms with Crippen molar-refractivity contribution in [3.8, 4) is 0 Å². The first-order valence-corrected chi connectivity index (χ1v) is 6.38. The zero-order chi connectivity index (χ0) is 14.6. The number of alkyl halides is 3. The van der Waals surface area contributed by atoms with Crippen LogP contribution in [0, 0.1) is 0 Å². The second-order valence-corrected chi connectivity index (χ2v) is 4.66. The molecule has 0 aliphatic carbocycles. The normalized spacial score (nSPS) is 13.6. The maximum atomic E-state index is 12.2. The summed E-state index contributed by atoms with van der Waals surface area (Å²) < 4.78 is 36.5. The fraction of sp³-hybridized carbons (Fsp3) is 0.357. The molecule has 3 N–H and O–H groups in total. The number of fused-ring (bicyclic) bond motifs is 1. The van der Waals surface area contributed by atoms with E-state index >= 15 is 0 Å². The first kappa shape index (κ1) is 14.7. The highest BCUT2D eigenvalue weighted by Crippen LogP contribution is 2.26. The van der Waals surface area contributed by atoms with Crippen molar-refractivity contribution >= 4 is 10.9 Å². The standard InChI is InChI=1S/C14H16F3N3/c15-14(16,17)9-3-6-13(20-18)12-8-7-10-4-1-2-5-11(10)19-12/h1-2,4-5,7-8,13,20H,3,6,9,18H2. The summed E-state index contributed by atoms with van der Waals surface area (Å²) in [5.41, 5.74) is 4.01. The Morgan fingerprint density at radius 3 is 2.60 bits per heavy atom. The van der Waals surface area contributed by atoms with E-state index < -0.39 is 12.6 Å². The first-order valence-electron chi connectivity index (χ1n) is 6.38. The maximum absolute atomic E-state index is 12.2. The Balaban J connectivity index is 2.09. The summed E-state index contributed by atoms with van der Waals surface area (Å²) in [7, 11) is 0. The molecule has 20 heavy (non-hydrogen) atoms. The summed E-state index contributed by atoms with van der Waals surface area (Å²) in [5, 5.41) is 0.988. The summed E-state index contributed by atoms with van der Waals surface area (Å²) in [5.74, 6) is 5.43. The van der Waals surface area contributed by atoms with Crippen LogP contribution in [0.3, 0.4) is 0 Å². The molecule has 1 heterocycles. The molecule has 2 rings (SSSR count). The average molecular weight is 283 g/mol. The van der Waals surface area contributed by atoms with Crippen molar-refractivity contribution in [1.82, 2.24) is 10.4 Å². The molecule has 1 unspecified atom stereocenters. The van der Waals surface area contributed by atoms with E-state index in [2.05, 4.69) is 10.4 Å². The fourth-order valence-corrected chi connectivity index (χ4v) is 2.10. The van der Waals surface area contributed by atoms with Crippen LogP contribution in [0.4, 0.5) is 13.2 Å². The number of benzene rings is 1. The van der Waals surface area contributed by atoms with Crippen LogP contribution in [0.1, 0.15) is 31.0 Å². The number of aromatic nitrogens is 1. The number of hydrogen-bond acceptors (Lipinski definition) is 3. The molecule has 2 aromatic rings. The number of hydrogen-bond donors (Lipinski definition) is 2. The molecule has 0 spiro atoms. The lowest BCUT2D eigenvalue weighted by atomic mass is 10.1. The Kier molecular flexibility index (Phi) is 4.57. The summed E-state index contributed by atoms with van der Waals surface area (Å²) in [6, 6.07) is 10.9. The van der Waals surface area contributed by atoms with Crippen LogP contribution in [0.25, 0.3) is 10.9 Å². The molecule has 0 saturated carbocycles. The van der Waals surface area contributed by atoms with Crippen molar-refractivity contribution in [1.29, 1.82) is 0 Å². The second-order valence-electron chi connectivity index (χ2n) is 4.66. The Bertz CT molecular complexity index is 569. The SMILES string of the molecule is NNC(CCCC(F)(F)F)c1ccc2ccccc2n1. The van der Waals surface area contributed by atoms with Crippen LogP contribution in [-0.4, -0.2) is 11.2 Å². The van der Waals surface area contributed by atoms with E-state index in [0.717, 1.165) is 10.9 Å². The van der Waals surface area contributed by atoms with E-state index in [0.29, 0.717) is 12.1 Å². The topological polar surface area (TPSA) is 50.9 Å². The van der Waals surface area contributed by atoms with Crippen molar-refractivity contribution in [3.05, 3.63) is 42.1 Å². The van der Waals surface area contributed by atoms with Gasteiger partial charge in [0, 0.05) is 11.8 Å². The molecule has 0 aliphatic heterocycles. The number of nitrogens with one attached hydrogen (secondary N) is 1. The number of halogens is 3. The first-order chi connectivity index (χ1) is 9.49. The number of nitrogens with zero attached hydrogens (tertiary/aromatic N) is 1. The predicted octanol–water partition coefficient (Wildman–Crippen LogP) is 3.47. The highest BCUT2D eigenvalue weighted by molar-refractivity contribution is 5.78. The maximum Gasteiger partial charge on any atom is 0.389 e. The third-order valence-corrected chi connectivity index (χ3v) is 3.13. The molecule has 1 atom stereocenters. The van der Waals surface area contributed by atoms with E-state index in [1.807, 2.05) is 30.3 Å². The Labute approximate surface area is 115 Å². The zero-order valence-electron chi connectivity index (χ0n) is 10.8. The third kappa shape index (κ3) is 3.91. The lowest BCUT2D eigenvalue weighted by Gasteiger charge is -2.16. The van der Waals surface area contributed by atoms with Crippen molar-refractivity contribution in [2.45, 2.75) is 31.5 Å². The van der Waals surface area contributed by atoms with Crippen molar-refractivity contribution < 1.29 is 13.2 Å². The minimum Gasteiger partial charge on any atom is -0.271 e. The van der Waals surface area contributed by atoms with Gasteiger partial charge in [0.25, 0.3) is 0 Å². The average Bonchev–Trinajstić information content (AvgIpc) is 2.42. The highest BCUT2D eigenvalue weighted by atomic mass is 19.4. The van der Waals surface area contributed by atoms with Crippen molar-refractivity contribution in [2.24, 2.45) is 5.84 Å². The minimum absolute atomic E-state index is 0.0207. The summed E-state index contributed by atoms with van der Waals surface area (Å²) in [4.78, 5) is 4.44. The Hall–Kier alpha value is -1.66. The summed E-state index contributed by atoms with van der Waals surface area (Å²) in [6.45, 7) is 0. The van der Waals surface area contributed by atoms with E-state index in [1.54, 1.807) is 6.07 Å². The van der Waals surface area contributed by atoms with Crippen molar-refractivity contribution in [3.63, 3.8) is 0 Å². The molecule has 0 bridgehead atoms. The van der Waals surface area contributed by atoms with Crippen LogP contribution in [0.2, 0.25) is 0 Å². The second kappa shape index (κ2) is 6.19. The van der Waals surface area contributed by atoms with Crippen molar-refractivity contribution in [2.75, 3.05) is 0 Å². The molecule has 1 aromatic heterocycles. The summed E-state index contributed by atoms with van der Waals surface area (Å²) in [6.07, 6.45) is -4.62. The predicted molar refractivity (Wildman–Crippen MR) is 71.7 cm³/mol. The van der Waals surface area contributed by atoms with Gasteiger partial charge in [-0.2, -0.15) is 13.2 Å². The van der Waals surface area contributed by atoms with Gasteiger partial charge in [-0.1, -0.05) is 24.3 Å². The molecule has 0 saturated heterocycles. The third-order valence-electron chi connectivity index (χ3n) is 3.13. The molecule has 0 amide bonds. The monoisotopic (exact) mass is 283 g/mol. The van der Waals surface area contributed by atoms with Gasteiger partial charge in [0.05, 0.1) is 17.3 Å². The number of rotatable bonds is 5. The quantitative estimate of drug-likeness (QED) is 0.652. The highest BCUT2D eigenvalue weighted by Gasteiger charge is 2.27. The molecule has 1 aromatic carbocycles. The fourth-order valence-electron chi connectivity index (χ4n) is 2.10. The minimum atomic E-state index is -4.13. The van der Waals surface area contributed by atoms with Gasteiger partial charge < -0.3 is 0 Å². The molecule has 0 aliphatic rings. The largest absolute Gasteiger partial charge is 0.389 e. The molecular formula is C14H16F3N3. The van der Waals surface area contributed by atoms with Crippen LogP contribution in [0.5, 0.6) is 0 Å². The molecule has 108 valence electrons. The zero-order valence-corrected chi connectivity index (χ0v) is 10.8. The van der Waals surface area contributed by atoms with Gasteiger partial charge in [-0.3, -0.25) is 16.3 Å². The van der Waals surface area contributed by atoms with Gasteiger partial charge in [-0.05, 0) is 25.0 Å². The van der Waals surface area contributed by atoms with Gasteiger partial charge in [0.15, 0.2) is 0 Å². The molecule has 0 radical (unpaired) electrons. The van der Waals surface area contributed by atoms with Gasteiger partial charge in [-0.25, -0.2) is 0 Å². The smallest absolute Gasteiger partial charge is 0.271 e. The van der Waals surface area contributed by atoms with Gasteiger partial charge in [0.1, 0.15) is 0 Å². The van der Waals surface area contributed by atoms with Crippen LogP contribution in [-0.2, 0) is 0 Å². The van der Waals surface area contributed by atoms with E-state index in [1.165, 1.54) is 0 Å². The van der Waals surface area contributed by atoms with E-state index in [9.17, 15) is 13.2 Å². The van der Waals surface area contributed by atoms with Gasteiger partial charge >= 0.3 is 6.18 Å². The number of pyridine rings is 1. The number of para-hydroxylation sites is 1.